The molecule has 0 fully saturated rings. The van der Waals surface area contributed by atoms with Gasteiger partial charge in [0.1, 0.15) is 11.4 Å². The van der Waals surface area contributed by atoms with Crippen LogP contribution in [0.2, 0.25) is 0 Å². The number of hydrogen-bond donors (Lipinski definition) is 1. The van der Waals surface area contributed by atoms with Crippen molar-refractivity contribution in [2.45, 2.75) is 32.8 Å². The van der Waals surface area contributed by atoms with Gasteiger partial charge in [0, 0.05) is 12.6 Å². The van der Waals surface area contributed by atoms with Crippen LogP contribution in [0, 0.1) is 0 Å². The molecule has 2 aromatic rings. The zero-order chi connectivity index (χ0) is 19.3. The Morgan fingerprint density at radius 3 is 2.31 bits per heavy atom. The summed E-state index contributed by atoms with van der Waals surface area (Å²) in [5, 5.41) is 2.59. The molecule has 0 unspecified atom stereocenters. The number of benzene rings is 2. The SMILES string of the molecule is CNC(=O)c1cc(Cc2cccc(OC)c2)cc(C(=O)OC(C)(C)C)c1. The first-order valence-electron chi connectivity index (χ1n) is 8.44. The van der Waals surface area contributed by atoms with E-state index in [1.807, 2.05) is 45.0 Å². The molecular weight excluding hydrogens is 330 g/mol. The van der Waals surface area contributed by atoms with Gasteiger partial charge in [-0.05, 0) is 68.7 Å². The second kappa shape index (κ2) is 8.04. The number of esters is 1. The second-order valence-corrected chi connectivity index (χ2v) is 7.03. The standard InChI is InChI=1S/C21H25NO4/c1-21(2,3)26-20(24)17-11-15(10-16(13-17)19(23)22-4)9-14-7-6-8-18(12-14)25-5/h6-8,10-13H,9H2,1-5H3,(H,22,23). The molecule has 1 N–H and O–H groups in total. The number of ether oxygens (including phenoxy) is 2. The number of amides is 1. The molecule has 2 rings (SSSR count). The van der Waals surface area contributed by atoms with Gasteiger partial charge in [-0.1, -0.05) is 12.1 Å². The lowest BCUT2D eigenvalue weighted by molar-refractivity contribution is 0.00694. The number of carbonyl (C=O) groups is 2. The third-order valence-electron chi connectivity index (χ3n) is 3.66. The fraction of sp³-hybridized carbons (Fsp3) is 0.333. The van der Waals surface area contributed by atoms with E-state index in [9.17, 15) is 9.59 Å². The minimum Gasteiger partial charge on any atom is -0.497 e. The van der Waals surface area contributed by atoms with Crippen molar-refractivity contribution in [2.24, 2.45) is 0 Å². The van der Waals surface area contributed by atoms with E-state index < -0.39 is 11.6 Å². The van der Waals surface area contributed by atoms with Gasteiger partial charge in [-0.3, -0.25) is 4.79 Å². The maximum atomic E-state index is 12.5. The Morgan fingerprint density at radius 2 is 1.69 bits per heavy atom. The number of nitrogens with one attached hydrogen (secondary N) is 1. The maximum absolute atomic E-state index is 12.5. The third kappa shape index (κ3) is 5.34. The van der Waals surface area contributed by atoms with Crippen molar-refractivity contribution in [1.29, 1.82) is 0 Å². The number of rotatable bonds is 5. The van der Waals surface area contributed by atoms with Crippen LogP contribution in [0.5, 0.6) is 5.75 Å². The largest absolute Gasteiger partial charge is 0.497 e. The number of carbonyl (C=O) groups excluding carboxylic acids is 2. The van der Waals surface area contributed by atoms with Gasteiger partial charge in [-0.2, -0.15) is 0 Å². The van der Waals surface area contributed by atoms with Crippen molar-refractivity contribution >= 4 is 11.9 Å². The fourth-order valence-electron chi connectivity index (χ4n) is 2.54. The van der Waals surface area contributed by atoms with Gasteiger partial charge in [-0.25, -0.2) is 4.79 Å². The van der Waals surface area contributed by atoms with Crippen LogP contribution in [0.4, 0.5) is 0 Å². The van der Waals surface area contributed by atoms with E-state index in [1.54, 1.807) is 32.4 Å². The van der Waals surface area contributed by atoms with E-state index >= 15 is 0 Å². The number of methoxy groups -OCH3 is 1. The Morgan fingerprint density at radius 1 is 1.00 bits per heavy atom. The highest BCUT2D eigenvalue weighted by Gasteiger charge is 2.20. The second-order valence-electron chi connectivity index (χ2n) is 7.03. The highest BCUT2D eigenvalue weighted by atomic mass is 16.6. The summed E-state index contributed by atoms with van der Waals surface area (Å²) in [7, 11) is 3.18. The minimum absolute atomic E-state index is 0.248. The van der Waals surface area contributed by atoms with Crippen molar-refractivity contribution in [2.75, 3.05) is 14.2 Å². The van der Waals surface area contributed by atoms with E-state index in [0.717, 1.165) is 16.9 Å². The maximum Gasteiger partial charge on any atom is 0.338 e. The Balaban J connectivity index is 2.39. The van der Waals surface area contributed by atoms with E-state index in [-0.39, 0.29) is 5.91 Å². The Labute approximate surface area is 154 Å². The molecule has 0 spiro atoms. The molecule has 0 saturated heterocycles. The van der Waals surface area contributed by atoms with Gasteiger partial charge >= 0.3 is 5.97 Å². The van der Waals surface area contributed by atoms with Crippen molar-refractivity contribution in [3.05, 3.63) is 64.7 Å². The third-order valence-corrected chi connectivity index (χ3v) is 3.66. The van der Waals surface area contributed by atoms with Gasteiger partial charge in [0.25, 0.3) is 5.91 Å². The first-order chi connectivity index (χ1) is 12.2. The predicted molar refractivity (Wildman–Crippen MR) is 101 cm³/mol. The molecule has 0 aliphatic heterocycles. The summed E-state index contributed by atoms with van der Waals surface area (Å²) in [6.07, 6.45) is 0.567. The minimum atomic E-state index is -0.604. The van der Waals surface area contributed by atoms with Crippen LogP contribution in [-0.4, -0.2) is 31.6 Å². The average molecular weight is 355 g/mol. The molecule has 2 aromatic carbocycles. The fourth-order valence-corrected chi connectivity index (χ4v) is 2.54. The molecule has 0 aliphatic carbocycles. The zero-order valence-electron chi connectivity index (χ0n) is 15.9. The number of hydrogen-bond acceptors (Lipinski definition) is 4. The summed E-state index contributed by atoms with van der Waals surface area (Å²) in [6, 6.07) is 12.8. The van der Waals surface area contributed by atoms with Gasteiger partial charge in [0.2, 0.25) is 0 Å². The smallest absolute Gasteiger partial charge is 0.338 e. The molecule has 5 nitrogen and oxygen atoms in total. The lowest BCUT2D eigenvalue weighted by atomic mass is 9.99. The first-order valence-corrected chi connectivity index (χ1v) is 8.44. The van der Waals surface area contributed by atoms with Gasteiger partial charge in [0.15, 0.2) is 0 Å². The van der Waals surface area contributed by atoms with Crippen LogP contribution >= 0.6 is 0 Å². The molecule has 138 valence electrons. The summed E-state index contributed by atoms with van der Waals surface area (Å²) in [5.41, 5.74) is 2.05. The van der Waals surface area contributed by atoms with E-state index in [2.05, 4.69) is 5.32 Å². The molecule has 0 bridgehead atoms. The Bertz CT molecular complexity index is 806. The van der Waals surface area contributed by atoms with Gasteiger partial charge in [0.05, 0.1) is 12.7 Å². The zero-order valence-corrected chi connectivity index (χ0v) is 15.9. The summed E-state index contributed by atoms with van der Waals surface area (Å²) in [4.78, 5) is 24.5. The molecule has 5 heteroatoms. The monoisotopic (exact) mass is 355 g/mol. The predicted octanol–water partition coefficient (Wildman–Crippen LogP) is 3.60. The van der Waals surface area contributed by atoms with E-state index in [0.29, 0.717) is 17.5 Å². The van der Waals surface area contributed by atoms with Crippen LogP contribution in [0.3, 0.4) is 0 Å². The van der Waals surface area contributed by atoms with Crippen LogP contribution in [0.25, 0.3) is 0 Å². The first kappa shape index (κ1) is 19.5. The van der Waals surface area contributed by atoms with Gasteiger partial charge in [-0.15, -0.1) is 0 Å². The summed E-state index contributed by atoms with van der Waals surface area (Å²) in [6.45, 7) is 5.43. The molecule has 0 radical (unpaired) electrons. The Kier molecular flexibility index (Phi) is 6.03. The van der Waals surface area contributed by atoms with Crippen LogP contribution in [0.15, 0.2) is 42.5 Å². The summed E-state index contributed by atoms with van der Waals surface area (Å²) < 4.78 is 10.7. The van der Waals surface area contributed by atoms with E-state index in [1.165, 1.54) is 0 Å². The molecule has 0 atom stereocenters. The van der Waals surface area contributed by atoms with Crippen LogP contribution in [-0.2, 0) is 11.2 Å². The topological polar surface area (TPSA) is 64.6 Å². The average Bonchev–Trinajstić information content (AvgIpc) is 2.59. The molecular formula is C21H25NO4. The van der Waals surface area contributed by atoms with Crippen LogP contribution in [0.1, 0.15) is 52.6 Å². The molecule has 0 aromatic heterocycles. The van der Waals surface area contributed by atoms with Crippen molar-refractivity contribution in [1.82, 2.24) is 5.32 Å². The molecule has 0 saturated carbocycles. The van der Waals surface area contributed by atoms with Crippen molar-refractivity contribution in [3.63, 3.8) is 0 Å². The Hall–Kier alpha value is -2.82. The molecule has 0 heterocycles. The van der Waals surface area contributed by atoms with Crippen molar-refractivity contribution < 1.29 is 19.1 Å². The van der Waals surface area contributed by atoms with Crippen molar-refractivity contribution in [3.8, 4) is 5.75 Å². The van der Waals surface area contributed by atoms with E-state index in [4.69, 9.17) is 9.47 Å². The normalized spacial score (nSPS) is 11.0. The molecule has 0 aliphatic rings. The highest BCUT2D eigenvalue weighted by Crippen LogP contribution is 2.20. The quantitative estimate of drug-likeness (QED) is 0.833. The molecule has 26 heavy (non-hydrogen) atoms. The van der Waals surface area contributed by atoms with Gasteiger partial charge < -0.3 is 14.8 Å². The highest BCUT2D eigenvalue weighted by molar-refractivity contribution is 5.98. The summed E-state index contributed by atoms with van der Waals surface area (Å²) in [5.74, 6) is 0.0646. The lowest BCUT2D eigenvalue weighted by Crippen LogP contribution is -2.24. The lowest BCUT2D eigenvalue weighted by Gasteiger charge is -2.20. The molecule has 1 amide bonds. The summed E-state index contributed by atoms with van der Waals surface area (Å²) >= 11 is 0. The van der Waals surface area contributed by atoms with Crippen LogP contribution < -0.4 is 10.1 Å².